The van der Waals surface area contributed by atoms with Gasteiger partial charge in [-0.15, -0.1) is 0 Å². The van der Waals surface area contributed by atoms with Gasteiger partial charge in [-0.05, 0) is 78.0 Å². The topological polar surface area (TPSA) is 75.3 Å². The molecule has 7 heteroatoms. The predicted molar refractivity (Wildman–Crippen MR) is 109 cm³/mol. The maximum atomic E-state index is 12.7. The number of hydrogen-bond donors (Lipinski definition) is 2. The highest BCUT2D eigenvalue weighted by Gasteiger charge is 2.23. The van der Waals surface area contributed by atoms with E-state index in [9.17, 15) is 13.2 Å². The Labute approximate surface area is 163 Å². The minimum Gasteiger partial charge on any atom is -0.337 e. The van der Waals surface area contributed by atoms with Crippen molar-refractivity contribution in [3.05, 3.63) is 33.4 Å². The second-order valence-corrected chi connectivity index (χ2v) is 9.08. The van der Waals surface area contributed by atoms with Gasteiger partial charge >= 0.3 is 6.03 Å². The summed E-state index contributed by atoms with van der Waals surface area (Å²) < 4.78 is 28.5. The van der Waals surface area contributed by atoms with Gasteiger partial charge in [-0.25, -0.2) is 17.9 Å². The van der Waals surface area contributed by atoms with Gasteiger partial charge in [0.05, 0.1) is 4.90 Å². The van der Waals surface area contributed by atoms with Crippen LogP contribution in [0.4, 0.5) is 4.79 Å². The summed E-state index contributed by atoms with van der Waals surface area (Å²) in [4.78, 5) is 12.1. The Hall–Kier alpha value is -1.09. The van der Waals surface area contributed by atoms with Crippen LogP contribution in [-0.4, -0.2) is 21.0 Å². The van der Waals surface area contributed by atoms with Crippen LogP contribution >= 0.6 is 22.6 Å². The highest BCUT2D eigenvalue weighted by atomic mass is 127. The van der Waals surface area contributed by atoms with Crippen LogP contribution in [0.25, 0.3) is 5.57 Å². The molecule has 2 amide bonds. The number of carbonyl (C=O) groups excluding carboxylic acids is 1. The standard InChI is InChI=1S/C18H25IN2O3S/c1-2-3-7-12-20-18(22)21-25(23,24)17-13-15(19)10-11-16(17)14-8-5-4-6-9-14/h8,10-11,13H,2-7,9,12H2,1H3,(H2,20,21,22). The summed E-state index contributed by atoms with van der Waals surface area (Å²) >= 11 is 2.09. The molecule has 2 rings (SSSR count). The second kappa shape index (κ2) is 9.56. The van der Waals surface area contributed by atoms with Crippen molar-refractivity contribution in [2.45, 2.75) is 56.8 Å². The fraction of sp³-hybridized carbons (Fsp3) is 0.500. The van der Waals surface area contributed by atoms with Crippen LogP contribution in [0.2, 0.25) is 0 Å². The number of nitrogens with one attached hydrogen (secondary N) is 2. The molecule has 25 heavy (non-hydrogen) atoms. The highest BCUT2D eigenvalue weighted by molar-refractivity contribution is 14.1. The molecule has 1 aliphatic carbocycles. The Bertz CT molecular complexity index is 745. The van der Waals surface area contributed by atoms with Gasteiger partial charge < -0.3 is 5.32 Å². The molecule has 0 aromatic heterocycles. The van der Waals surface area contributed by atoms with Crippen LogP contribution < -0.4 is 10.0 Å². The van der Waals surface area contributed by atoms with Crippen LogP contribution in [0.5, 0.6) is 0 Å². The lowest BCUT2D eigenvalue weighted by Gasteiger charge is -2.17. The van der Waals surface area contributed by atoms with Crippen molar-refractivity contribution in [1.82, 2.24) is 10.0 Å². The lowest BCUT2D eigenvalue weighted by atomic mass is 9.94. The molecule has 0 bridgehead atoms. The number of benzene rings is 1. The summed E-state index contributed by atoms with van der Waals surface area (Å²) in [6.07, 6.45) is 9.01. The normalized spacial score (nSPS) is 14.7. The Morgan fingerprint density at radius 2 is 2.04 bits per heavy atom. The first kappa shape index (κ1) is 20.2. The molecule has 0 unspecified atom stereocenters. The van der Waals surface area contributed by atoms with Crippen LogP contribution in [0.3, 0.4) is 0 Å². The van der Waals surface area contributed by atoms with Gasteiger partial charge in [-0.1, -0.05) is 31.9 Å². The number of sulfonamides is 1. The highest BCUT2D eigenvalue weighted by Crippen LogP contribution is 2.32. The fourth-order valence-corrected chi connectivity index (χ4v) is 4.76. The Balaban J connectivity index is 2.19. The molecule has 1 aromatic rings. The number of allylic oxidation sites excluding steroid dienone is 2. The third kappa shape index (κ3) is 5.99. The maximum absolute atomic E-state index is 12.7. The van der Waals surface area contributed by atoms with Crippen molar-refractivity contribution in [3.63, 3.8) is 0 Å². The van der Waals surface area contributed by atoms with E-state index in [1.807, 2.05) is 12.1 Å². The zero-order chi connectivity index (χ0) is 18.3. The lowest BCUT2D eigenvalue weighted by Crippen LogP contribution is -2.40. The molecule has 0 radical (unpaired) electrons. The number of urea groups is 1. The molecule has 0 heterocycles. The fourth-order valence-electron chi connectivity index (χ4n) is 2.86. The van der Waals surface area contributed by atoms with E-state index in [4.69, 9.17) is 0 Å². The van der Waals surface area contributed by atoms with Crippen LogP contribution in [0.15, 0.2) is 29.2 Å². The van der Waals surface area contributed by atoms with Crippen LogP contribution in [-0.2, 0) is 10.0 Å². The molecule has 1 aliphatic rings. The Morgan fingerprint density at radius 1 is 1.24 bits per heavy atom. The largest absolute Gasteiger partial charge is 0.337 e. The van der Waals surface area contributed by atoms with Crippen LogP contribution in [0.1, 0.15) is 57.4 Å². The first-order valence-electron chi connectivity index (χ1n) is 8.73. The summed E-state index contributed by atoms with van der Waals surface area (Å²) in [6.45, 7) is 2.54. The molecule has 138 valence electrons. The number of halogens is 1. The van der Waals surface area contributed by atoms with Crippen molar-refractivity contribution in [2.24, 2.45) is 0 Å². The minimum absolute atomic E-state index is 0.177. The zero-order valence-electron chi connectivity index (χ0n) is 14.5. The van der Waals surface area contributed by atoms with Gasteiger partial charge in [0.2, 0.25) is 0 Å². The third-order valence-corrected chi connectivity index (χ3v) is 6.20. The summed E-state index contributed by atoms with van der Waals surface area (Å²) in [5.41, 5.74) is 1.75. The van der Waals surface area contributed by atoms with Crippen molar-refractivity contribution in [2.75, 3.05) is 6.54 Å². The molecule has 2 N–H and O–H groups in total. The molecular formula is C18H25IN2O3S. The first-order chi connectivity index (χ1) is 11.9. The second-order valence-electron chi connectivity index (χ2n) is 6.18. The van der Waals surface area contributed by atoms with Crippen molar-refractivity contribution < 1.29 is 13.2 Å². The zero-order valence-corrected chi connectivity index (χ0v) is 17.5. The SMILES string of the molecule is CCCCCNC(=O)NS(=O)(=O)c1cc(I)ccc1C1=CCCCC1. The average molecular weight is 476 g/mol. The molecule has 0 atom stereocenters. The van der Waals surface area contributed by atoms with Crippen LogP contribution in [0, 0.1) is 3.57 Å². The van der Waals surface area contributed by atoms with Gasteiger partial charge in [0.15, 0.2) is 0 Å². The molecule has 0 aliphatic heterocycles. The molecule has 0 saturated carbocycles. The van der Waals surface area contributed by atoms with Crippen molar-refractivity contribution in [1.29, 1.82) is 0 Å². The van der Waals surface area contributed by atoms with E-state index in [0.717, 1.165) is 54.1 Å². The Kier molecular flexibility index (Phi) is 7.74. The van der Waals surface area contributed by atoms with Crippen molar-refractivity contribution in [3.8, 4) is 0 Å². The molecule has 1 aromatic carbocycles. The first-order valence-corrected chi connectivity index (χ1v) is 11.3. The smallest absolute Gasteiger partial charge is 0.328 e. The molecular weight excluding hydrogens is 451 g/mol. The number of unbranched alkanes of at least 4 members (excludes halogenated alkanes) is 2. The molecule has 5 nitrogen and oxygen atoms in total. The minimum atomic E-state index is -3.91. The number of amides is 2. The lowest BCUT2D eigenvalue weighted by molar-refractivity contribution is 0.245. The monoisotopic (exact) mass is 476 g/mol. The average Bonchev–Trinajstić information content (AvgIpc) is 2.59. The predicted octanol–water partition coefficient (Wildman–Crippen LogP) is 4.43. The van der Waals surface area contributed by atoms with E-state index in [1.165, 1.54) is 0 Å². The Morgan fingerprint density at radius 3 is 2.72 bits per heavy atom. The van der Waals surface area contributed by atoms with E-state index in [1.54, 1.807) is 6.07 Å². The van der Waals surface area contributed by atoms with Gasteiger partial charge in [-0.2, -0.15) is 0 Å². The van der Waals surface area contributed by atoms with Gasteiger partial charge in [0.25, 0.3) is 10.0 Å². The molecule has 0 fully saturated rings. The number of hydrogen-bond acceptors (Lipinski definition) is 3. The number of carbonyl (C=O) groups is 1. The molecule has 0 saturated heterocycles. The molecule has 0 spiro atoms. The van der Waals surface area contributed by atoms with Gasteiger partial charge in [-0.3, -0.25) is 0 Å². The van der Waals surface area contributed by atoms with Crippen molar-refractivity contribution >= 4 is 44.2 Å². The number of rotatable bonds is 7. The van der Waals surface area contributed by atoms with Gasteiger partial charge in [0, 0.05) is 10.1 Å². The quantitative estimate of drug-likeness (QED) is 0.452. The van der Waals surface area contributed by atoms with E-state index in [-0.39, 0.29) is 4.90 Å². The summed E-state index contributed by atoms with van der Waals surface area (Å²) in [7, 11) is -3.91. The van der Waals surface area contributed by atoms with E-state index in [0.29, 0.717) is 12.1 Å². The van der Waals surface area contributed by atoms with E-state index < -0.39 is 16.1 Å². The summed E-state index contributed by atoms with van der Waals surface area (Å²) in [5, 5.41) is 2.61. The summed E-state index contributed by atoms with van der Waals surface area (Å²) in [5.74, 6) is 0. The van der Waals surface area contributed by atoms with E-state index in [2.05, 4.69) is 45.6 Å². The van der Waals surface area contributed by atoms with E-state index >= 15 is 0 Å². The van der Waals surface area contributed by atoms with Gasteiger partial charge in [0.1, 0.15) is 0 Å². The summed E-state index contributed by atoms with van der Waals surface area (Å²) in [6, 6.07) is 4.69. The maximum Gasteiger partial charge on any atom is 0.328 e. The third-order valence-electron chi connectivity index (χ3n) is 4.16.